The molecule has 0 N–H and O–H groups in total. The maximum atomic E-state index is 6.65. The summed E-state index contributed by atoms with van der Waals surface area (Å²) in [6.07, 6.45) is 16.9. The summed E-state index contributed by atoms with van der Waals surface area (Å²) in [6.45, 7) is 0. The van der Waals surface area contributed by atoms with E-state index in [0.29, 0.717) is 12.0 Å². The molecule has 0 amide bonds. The summed E-state index contributed by atoms with van der Waals surface area (Å²) in [5.74, 6) is 1.35. The number of allylic oxidation sites excluding steroid dienone is 1. The molecule has 112 valence electrons. The third kappa shape index (κ3) is 2.44. The molecule has 4 rings (SSSR count). The highest BCUT2D eigenvalue weighted by Gasteiger charge is 2.43. The molecule has 1 aromatic rings. The normalized spacial score (nSPS) is 35.6. The van der Waals surface area contributed by atoms with Crippen LogP contribution in [0.5, 0.6) is 0 Å². The maximum absolute atomic E-state index is 6.65. The molecule has 4 atom stereocenters. The predicted molar refractivity (Wildman–Crippen MR) is 82.6 cm³/mol. The van der Waals surface area contributed by atoms with Gasteiger partial charge >= 0.3 is 0 Å². The standard InChI is InChI=1S/C19H26NO/c1-20-12-6-7-14(13-20)19-17-10-3-2-8-15(17)16-9-4-5-11-18(16)21-19/h6-8,12-13,16-19H,2-5,9-11H2,1H3/q+1/t16-,17-,18-,19+/m0/s1. The topological polar surface area (TPSA) is 13.1 Å². The number of hydrogen-bond acceptors (Lipinski definition) is 1. The van der Waals surface area contributed by atoms with Gasteiger partial charge in [-0.25, -0.2) is 4.57 Å². The Bertz CT molecular complexity index is 550. The van der Waals surface area contributed by atoms with E-state index in [-0.39, 0.29) is 6.10 Å². The Morgan fingerprint density at radius 2 is 1.95 bits per heavy atom. The van der Waals surface area contributed by atoms with Crippen molar-refractivity contribution in [2.75, 3.05) is 0 Å². The Balaban J connectivity index is 1.70. The number of hydrogen-bond donors (Lipinski definition) is 0. The molecular formula is C19H26NO+. The molecule has 2 fully saturated rings. The first-order valence-corrected chi connectivity index (χ1v) is 8.63. The Labute approximate surface area is 127 Å². The molecule has 1 aliphatic heterocycles. The van der Waals surface area contributed by atoms with Crippen molar-refractivity contribution in [2.24, 2.45) is 18.9 Å². The van der Waals surface area contributed by atoms with E-state index >= 15 is 0 Å². The monoisotopic (exact) mass is 284 g/mol. The van der Waals surface area contributed by atoms with Crippen LogP contribution >= 0.6 is 0 Å². The molecule has 1 saturated carbocycles. The highest BCUT2D eigenvalue weighted by atomic mass is 16.5. The van der Waals surface area contributed by atoms with Gasteiger partial charge in [-0.15, -0.1) is 0 Å². The Morgan fingerprint density at radius 1 is 1.10 bits per heavy atom. The van der Waals surface area contributed by atoms with E-state index in [1.165, 1.54) is 50.5 Å². The largest absolute Gasteiger partial charge is 0.369 e. The van der Waals surface area contributed by atoms with Crippen molar-refractivity contribution in [3.05, 3.63) is 41.7 Å². The van der Waals surface area contributed by atoms with Crippen molar-refractivity contribution < 1.29 is 9.30 Å². The number of fused-ring (bicyclic) bond motifs is 3. The molecule has 21 heavy (non-hydrogen) atoms. The van der Waals surface area contributed by atoms with Crippen molar-refractivity contribution in [2.45, 2.75) is 57.2 Å². The molecule has 2 heterocycles. The van der Waals surface area contributed by atoms with Gasteiger partial charge in [0, 0.05) is 23.5 Å². The molecule has 0 radical (unpaired) electrons. The van der Waals surface area contributed by atoms with Gasteiger partial charge in [0.05, 0.1) is 12.2 Å². The minimum Gasteiger partial charge on any atom is -0.369 e. The number of rotatable bonds is 1. The fourth-order valence-electron chi connectivity index (χ4n) is 4.69. The molecular weight excluding hydrogens is 258 g/mol. The van der Waals surface area contributed by atoms with Gasteiger partial charge in [-0.05, 0) is 38.2 Å². The number of aromatic nitrogens is 1. The Morgan fingerprint density at radius 3 is 2.86 bits per heavy atom. The Kier molecular flexibility index (Phi) is 3.58. The summed E-state index contributed by atoms with van der Waals surface area (Å²) in [4.78, 5) is 0. The lowest BCUT2D eigenvalue weighted by Crippen LogP contribution is -2.42. The van der Waals surface area contributed by atoms with Crippen molar-refractivity contribution in [1.82, 2.24) is 0 Å². The van der Waals surface area contributed by atoms with Gasteiger partial charge in [0.1, 0.15) is 7.05 Å². The number of ether oxygens (including phenoxy) is 1. The summed E-state index contributed by atoms with van der Waals surface area (Å²) in [5, 5.41) is 0. The second kappa shape index (κ2) is 5.57. The van der Waals surface area contributed by atoms with Crippen LogP contribution in [0.3, 0.4) is 0 Å². The first-order chi connectivity index (χ1) is 10.3. The van der Waals surface area contributed by atoms with Crippen LogP contribution in [0, 0.1) is 11.8 Å². The number of nitrogens with zero attached hydrogens (tertiary/aromatic N) is 1. The van der Waals surface area contributed by atoms with E-state index < -0.39 is 0 Å². The first kappa shape index (κ1) is 13.5. The van der Waals surface area contributed by atoms with Crippen LogP contribution in [0.25, 0.3) is 0 Å². The van der Waals surface area contributed by atoms with E-state index in [4.69, 9.17) is 4.74 Å². The molecule has 2 heteroatoms. The SMILES string of the molecule is C[n+]1cccc([C@H]2O[C@H]3CCCC[C@H]3C3=CCCC[C@@H]32)c1. The fraction of sp³-hybridized carbons (Fsp3) is 0.632. The lowest BCUT2D eigenvalue weighted by Gasteiger charge is -2.47. The van der Waals surface area contributed by atoms with Gasteiger partial charge in [-0.1, -0.05) is 24.5 Å². The minimum absolute atomic E-state index is 0.281. The minimum atomic E-state index is 0.281. The van der Waals surface area contributed by atoms with Crippen LogP contribution < -0.4 is 4.57 Å². The summed E-state index contributed by atoms with van der Waals surface area (Å²) < 4.78 is 8.80. The lowest BCUT2D eigenvalue weighted by atomic mass is 9.68. The zero-order chi connectivity index (χ0) is 14.2. The fourth-order valence-corrected chi connectivity index (χ4v) is 4.69. The van der Waals surface area contributed by atoms with Gasteiger partial charge in [0.15, 0.2) is 12.4 Å². The third-order valence-electron chi connectivity index (χ3n) is 5.64. The average Bonchev–Trinajstić information content (AvgIpc) is 2.54. The van der Waals surface area contributed by atoms with Crippen molar-refractivity contribution in [3.63, 3.8) is 0 Å². The average molecular weight is 284 g/mol. The van der Waals surface area contributed by atoms with Crippen LogP contribution in [-0.2, 0) is 11.8 Å². The van der Waals surface area contributed by atoms with Gasteiger partial charge in [0.25, 0.3) is 0 Å². The zero-order valence-corrected chi connectivity index (χ0v) is 13.0. The summed E-state index contributed by atoms with van der Waals surface area (Å²) in [6, 6.07) is 4.40. The van der Waals surface area contributed by atoms with Crippen LogP contribution in [0.2, 0.25) is 0 Å². The maximum Gasteiger partial charge on any atom is 0.174 e. The van der Waals surface area contributed by atoms with Crippen LogP contribution in [0.4, 0.5) is 0 Å². The van der Waals surface area contributed by atoms with Gasteiger partial charge < -0.3 is 4.74 Å². The molecule has 0 spiro atoms. The molecule has 0 aromatic carbocycles. The smallest absolute Gasteiger partial charge is 0.174 e. The molecule has 0 unspecified atom stereocenters. The van der Waals surface area contributed by atoms with E-state index in [0.717, 1.165) is 5.92 Å². The predicted octanol–water partition coefficient (Wildman–Crippen LogP) is 3.87. The molecule has 2 aliphatic carbocycles. The van der Waals surface area contributed by atoms with Crippen LogP contribution in [0.15, 0.2) is 36.2 Å². The number of pyridine rings is 1. The quantitative estimate of drug-likeness (QED) is 0.563. The summed E-state index contributed by atoms with van der Waals surface area (Å²) >= 11 is 0. The summed E-state index contributed by atoms with van der Waals surface area (Å²) in [5.41, 5.74) is 3.11. The van der Waals surface area contributed by atoms with Gasteiger partial charge in [0.2, 0.25) is 0 Å². The van der Waals surface area contributed by atoms with E-state index in [1.54, 1.807) is 5.57 Å². The van der Waals surface area contributed by atoms with Crippen molar-refractivity contribution >= 4 is 0 Å². The van der Waals surface area contributed by atoms with Crippen molar-refractivity contribution in [3.8, 4) is 0 Å². The van der Waals surface area contributed by atoms with E-state index in [2.05, 4.69) is 42.2 Å². The van der Waals surface area contributed by atoms with Gasteiger partial charge in [-0.2, -0.15) is 0 Å². The second-order valence-corrected chi connectivity index (χ2v) is 7.03. The molecule has 1 aromatic heterocycles. The molecule has 0 bridgehead atoms. The first-order valence-electron chi connectivity index (χ1n) is 8.63. The highest BCUT2D eigenvalue weighted by molar-refractivity contribution is 5.25. The zero-order valence-electron chi connectivity index (χ0n) is 13.0. The van der Waals surface area contributed by atoms with Crippen molar-refractivity contribution in [1.29, 1.82) is 0 Å². The van der Waals surface area contributed by atoms with Crippen LogP contribution in [-0.4, -0.2) is 6.10 Å². The highest BCUT2D eigenvalue weighted by Crippen LogP contribution is 2.50. The Hall–Kier alpha value is -1.15. The van der Waals surface area contributed by atoms with Gasteiger partial charge in [-0.3, -0.25) is 0 Å². The van der Waals surface area contributed by atoms with E-state index in [1.807, 2.05) is 0 Å². The number of aryl methyl sites for hydroxylation is 1. The second-order valence-electron chi connectivity index (χ2n) is 7.03. The van der Waals surface area contributed by atoms with Crippen LogP contribution in [0.1, 0.15) is 56.6 Å². The molecule has 3 aliphatic rings. The third-order valence-corrected chi connectivity index (χ3v) is 5.64. The molecule has 1 saturated heterocycles. The lowest BCUT2D eigenvalue weighted by molar-refractivity contribution is -0.672. The molecule has 2 nitrogen and oxygen atoms in total. The summed E-state index contributed by atoms with van der Waals surface area (Å²) in [7, 11) is 2.10. The van der Waals surface area contributed by atoms with E-state index in [9.17, 15) is 0 Å².